The average Bonchev–Trinajstić information content (AvgIpc) is 2.16. The number of hydrogen-bond acceptors (Lipinski definition) is 2. The van der Waals surface area contributed by atoms with Gasteiger partial charge in [0.25, 0.3) is 0 Å². The van der Waals surface area contributed by atoms with E-state index in [-0.39, 0.29) is 6.42 Å². The molecule has 1 unspecified atom stereocenters. The maximum absolute atomic E-state index is 11.5. The van der Waals surface area contributed by atoms with Crippen molar-refractivity contribution in [3.63, 3.8) is 0 Å². The Hall–Kier alpha value is -0.380. The van der Waals surface area contributed by atoms with Gasteiger partial charge in [0, 0.05) is 0 Å². The van der Waals surface area contributed by atoms with E-state index in [4.69, 9.17) is 0 Å². The van der Waals surface area contributed by atoms with Crippen molar-refractivity contribution in [1.29, 1.82) is 0 Å². The minimum absolute atomic E-state index is 0.177. The first-order valence-corrected chi connectivity index (χ1v) is 7.73. The highest BCUT2D eigenvalue weighted by molar-refractivity contribution is 7.52. The number of hydrogen-bond donors (Lipinski definition) is 3. The van der Waals surface area contributed by atoms with Gasteiger partial charge >= 0.3 is 13.6 Å². The summed E-state index contributed by atoms with van der Waals surface area (Å²) in [5, 5.41) is 9.41. The molecular formula is C11H23O5P. The van der Waals surface area contributed by atoms with Gasteiger partial charge in [0.05, 0.1) is 11.1 Å². The number of carboxylic acid groups (broad SMARTS) is 1. The largest absolute Gasteiger partial charge is 0.481 e. The topological polar surface area (TPSA) is 94.8 Å². The Kier molecular flexibility index (Phi) is 6.38. The number of aliphatic carboxylic acids is 1. The quantitative estimate of drug-likeness (QED) is 0.587. The molecule has 0 radical (unpaired) electrons. The van der Waals surface area contributed by atoms with Crippen LogP contribution in [0.2, 0.25) is 0 Å². The molecule has 3 N–H and O–H groups in total. The van der Waals surface area contributed by atoms with Crippen LogP contribution in [0.1, 0.15) is 52.9 Å². The van der Waals surface area contributed by atoms with Crippen molar-refractivity contribution in [2.24, 2.45) is 5.41 Å². The second-order valence-electron chi connectivity index (χ2n) is 4.47. The zero-order valence-electron chi connectivity index (χ0n) is 10.7. The standard InChI is InChI=1S/C11H23O5P/c1-4-7-11(8-5-2,10(12)13)9(6-3)17(14,15)16/h9H,4-8H2,1-3H3,(H,12,13)(H2,14,15,16). The molecule has 0 aromatic carbocycles. The van der Waals surface area contributed by atoms with Gasteiger partial charge in [0.15, 0.2) is 0 Å². The van der Waals surface area contributed by atoms with Crippen molar-refractivity contribution >= 4 is 13.6 Å². The van der Waals surface area contributed by atoms with Crippen LogP contribution in [0.25, 0.3) is 0 Å². The van der Waals surface area contributed by atoms with Gasteiger partial charge in [-0.15, -0.1) is 0 Å². The predicted octanol–water partition coefficient (Wildman–Crippen LogP) is 2.61. The monoisotopic (exact) mass is 266 g/mol. The molecule has 0 rings (SSSR count). The lowest BCUT2D eigenvalue weighted by molar-refractivity contribution is -0.150. The van der Waals surface area contributed by atoms with Crippen LogP contribution in [0.4, 0.5) is 0 Å². The van der Waals surface area contributed by atoms with Gasteiger partial charge in [-0.2, -0.15) is 0 Å². The molecule has 1 atom stereocenters. The summed E-state index contributed by atoms with van der Waals surface area (Å²) in [6, 6.07) is 0. The number of carboxylic acids is 1. The predicted molar refractivity (Wildman–Crippen MR) is 66.0 cm³/mol. The van der Waals surface area contributed by atoms with Crippen LogP contribution in [0.3, 0.4) is 0 Å². The van der Waals surface area contributed by atoms with E-state index in [9.17, 15) is 24.3 Å². The maximum Gasteiger partial charge on any atom is 0.329 e. The molecule has 102 valence electrons. The van der Waals surface area contributed by atoms with Crippen LogP contribution < -0.4 is 0 Å². The summed E-state index contributed by atoms with van der Waals surface area (Å²) in [5.41, 5.74) is -2.38. The van der Waals surface area contributed by atoms with Crippen molar-refractivity contribution in [2.45, 2.75) is 58.5 Å². The van der Waals surface area contributed by atoms with Crippen molar-refractivity contribution in [3.05, 3.63) is 0 Å². The normalized spacial score (nSPS) is 14.6. The summed E-state index contributed by atoms with van der Waals surface area (Å²) in [4.78, 5) is 30.2. The average molecular weight is 266 g/mol. The first-order valence-electron chi connectivity index (χ1n) is 6.04. The van der Waals surface area contributed by atoms with E-state index in [1.54, 1.807) is 6.92 Å². The van der Waals surface area contributed by atoms with E-state index in [0.29, 0.717) is 25.7 Å². The van der Waals surface area contributed by atoms with E-state index in [1.165, 1.54) is 0 Å². The van der Waals surface area contributed by atoms with E-state index in [1.807, 2.05) is 13.8 Å². The van der Waals surface area contributed by atoms with Gasteiger partial charge in [0.2, 0.25) is 0 Å². The van der Waals surface area contributed by atoms with Gasteiger partial charge in [-0.1, -0.05) is 33.6 Å². The highest BCUT2D eigenvalue weighted by atomic mass is 31.2. The Labute approximate surface area is 102 Å². The van der Waals surface area contributed by atoms with Gasteiger partial charge in [0.1, 0.15) is 0 Å². The molecule has 0 fully saturated rings. The van der Waals surface area contributed by atoms with Crippen LogP contribution in [0.15, 0.2) is 0 Å². The van der Waals surface area contributed by atoms with Crippen LogP contribution >= 0.6 is 7.60 Å². The Morgan fingerprint density at radius 2 is 1.59 bits per heavy atom. The third-order valence-electron chi connectivity index (χ3n) is 3.25. The van der Waals surface area contributed by atoms with E-state index < -0.39 is 24.6 Å². The second kappa shape index (κ2) is 6.53. The molecule has 0 aliphatic carbocycles. The smallest absolute Gasteiger partial charge is 0.329 e. The van der Waals surface area contributed by atoms with Gasteiger partial charge in [-0.3, -0.25) is 9.36 Å². The molecule has 0 saturated carbocycles. The fraction of sp³-hybridized carbons (Fsp3) is 0.909. The first kappa shape index (κ1) is 16.6. The van der Waals surface area contributed by atoms with Crippen LogP contribution in [-0.2, 0) is 9.36 Å². The van der Waals surface area contributed by atoms with Crippen LogP contribution in [0.5, 0.6) is 0 Å². The molecule has 0 heterocycles. The van der Waals surface area contributed by atoms with Crippen molar-refractivity contribution in [1.82, 2.24) is 0 Å². The third kappa shape index (κ3) is 3.80. The minimum Gasteiger partial charge on any atom is -0.481 e. The molecule has 0 aliphatic heterocycles. The van der Waals surface area contributed by atoms with Crippen molar-refractivity contribution in [3.8, 4) is 0 Å². The molecule has 6 heteroatoms. The van der Waals surface area contributed by atoms with Gasteiger partial charge in [-0.05, 0) is 19.3 Å². The highest BCUT2D eigenvalue weighted by Gasteiger charge is 2.51. The SMILES string of the molecule is CCCC(CCC)(C(=O)O)C(CC)P(=O)(O)O. The Morgan fingerprint density at radius 3 is 1.76 bits per heavy atom. The van der Waals surface area contributed by atoms with E-state index in [2.05, 4.69) is 0 Å². The lowest BCUT2D eigenvalue weighted by Gasteiger charge is -2.36. The molecule has 0 aliphatic rings. The molecule has 17 heavy (non-hydrogen) atoms. The highest BCUT2D eigenvalue weighted by Crippen LogP contribution is 2.55. The van der Waals surface area contributed by atoms with Crippen LogP contribution in [-0.4, -0.2) is 26.5 Å². The molecule has 0 saturated heterocycles. The molecule has 0 bridgehead atoms. The molecule has 0 aromatic heterocycles. The zero-order valence-corrected chi connectivity index (χ0v) is 11.6. The molecule has 5 nitrogen and oxygen atoms in total. The zero-order chi connectivity index (χ0) is 13.7. The summed E-state index contributed by atoms with van der Waals surface area (Å²) < 4.78 is 11.5. The lowest BCUT2D eigenvalue weighted by Crippen LogP contribution is -2.42. The molecular weight excluding hydrogens is 243 g/mol. The van der Waals surface area contributed by atoms with Gasteiger partial charge in [-0.25, -0.2) is 0 Å². The Bertz CT molecular complexity index is 290. The Balaban J connectivity index is 5.52. The van der Waals surface area contributed by atoms with E-state index >= 15 is 0 Å². The molecule has 0 amide bonds. The second-order valence-corrected chi connectivity index (χ2v) is 6.28. The third-order valence-corrected chi connectivity index (χ3v) is 4.92. The minimum atomic E-state index is -4.39. The van der Waals surface area contributed by atoms with Crippen LogP contribution in [0, 0.1) is 5.41 Å². The fourth-order valence-corrected chi connectivity index (χ4v) is 4.15. The molecule has 0 spiro atoms. The summed E-state index contributed by atoms with van der Waals surface area (Å²) in [5.74, 6) is -1.09. The number of carbonyl (C=O) groups is 1. The first-order chi connectivity index (χ1) is 7.76. The summed E-state index contributed by atoms with van der Waals surface area (Å²) in [6.45, 7) is 5.30. The number of rotatable bonds is 8. The fourth-order valence-electron chi connectivity index (χ4n) is 2.66. The summed E-state index contributed by atoms with van der Waals surface area (Å²) >= 11 is 0. The maximum atomic E-state index is 11.5. The van der Waals surface area contributed by atoms with E-state index in [0.717, 1.165) is 0 Å². The Morgan fingerprint density at radius 1 is 1.18 bits per heavy atom. The lowest BCUT2D eigenvalue weighted by atomic mass is 9.75. The summed E-state index contributed by atoms with van der Waals surface area (Å²) in [6.07, 6.45) is 1.99. The summed E-state index contributed by atoms with van der Waals surface area (Å²) in [7, 11) is -4.39. The van der Waals surface area contributed by atoms with Gasteiger partial charge < -0.3 is 14.9 Å². The van der Waals surface area contributed by atoms with Crippen molar-refractivity contribution in [2.75, 3.05) is 0 Å². The molecule has 0 aromatic rings. The van der Waals surface area contributed by atoms with Crippen molar-refractivity contribution < 1.29 is 24.3 Å².